The lowest BCUT2D eigenvalue weighted by Crippen LogP contribution is -1.66. The Balaban J connectivity index is 3.29. The number of unbranched alkanes of at least 4 members (excludes halogenated alkanes) is 1. The molecule has 0 aromatic carbocycles. The van der Waals surface area contributed by atoms with Crippen molar-refractivity contribution in [3.8, 4) is 0 Å². The quantitative estimate of drug-likeness (QED) is 0.315. The molecule has 0 aliphatic rings. The van der Waals surface area contributed by atoms with Crippen molar-refractivity contribution in [3.63, 3.8) is 0 Å². The Kier molecular flexibility index (Phi) is 5.85. The van der Waals surface area contributed by atoms with Gasteiger partial charge in [0.05, 0.1) is 0 Å². The summed E-state index contributed by atoms with van der Waals surface area (Å²) < 4.78 is 0. The third-order valence-electron chi connectivity index (χ3n) is 1.16. The van der Waals surface area contributed by atoms with E-state index in [2.05, 4.69) is 32.6 Å². The van der Waals surface area contributed by atoms with Gasteiger partial charge >= 0.3 is 0 Å². The number of hydrogen-bond donors (Lipinski definition) is 0. The summed E-state index contributed by atoms with van der Waals surface area (Å²) in [5.41, 5.74) is 1.40. The van der Waals surface area contributed by atoms with Crippen LogP contribution in [0, 0.1) is 0 Å². The van der Waals surface area contributed by atoms with Crippen LogP contribution >= 0.6 is 0 Å². The van der Waals surface area contributed by atoms with Crippen molar-refractivity contribution in [1.82, 2.24) is 0 Å². The summed E-state index contributed by atoms with van der Waals surface area (Å²) in [5, 5.41) is 0. The van der Waals surface area contributed by atoms with Gasteiger partial charge in [0.25, 0.3) is 0 Å². The second-order valence-electron chi connectivity index (χ2n) is 2.52. The molecule has 10 heavy (non-hydrogen) atoms. The Bertz CT molecular complexity index is 134. The van der Waals surface area contributed by atoms with Crippen molar-refractivity contribution in [1.29, 1.82) is 0 Å². The van der Waals surface area contributed by atoms with Crippen molar-refractivity contribution in [2.24, 2.45) is 0 Å². The van der Waals surface area contributed by atoms with E-state index in [1.165, 1.54) is 5.57 Å². The maximum Gasteiger partial charge on any atom is -0.0313 e. The number of hydrogen-bond acceptors (Lipinski definition) is 0. The monoisotopic (exact) mass is 136 g/mol. The van der Waals surface area contributed by atoms with Crippen molar-refractivity contribution >= 4 is 0 Å². The van der Waals surface area contributed by atoms with Crippen molar-refractivity contribution < 1.29 is 0 Å². The molecule has 0 aliphatic carbocycles. The summed E-state index contributed by atoms with van der Waals surface area (Å²) in [4.78, 5) is 0. The molecule has 0 rings (SSSR count). The molecule has 0 atom stereocenters. The van der Waals surface area contributed by atoms with Crippen LogP contribution in [0.3, 0.4) is 0 Å². The van der Waals surface area contributed by atoms with Gasteiger partial charge in [-0.25, -0.2) is 0 Å². The topological polar surface area (TPSA) is 0 Å². The molecule has 0 unspecified atom stereocenters. The maximum absolute atomic E-state index is 3.59. The minimum Gasteiger partial charge on any atom is -0.0991 e. The van der Waals surface area contributed by atoms with Crippen LogP contribution in [-0.4, -0.2) is 0 Å². The second kappa shape index (κ2) is 6.34. The van der Waals surface area contributed by atoms with Crippen LogP contribution in [-0.2, 0) is 0 Å². The first kappa shape index (κ1) is 9.22. The molecule has 0 radical (unpaired) electrons. The first-order valence-corrected chi connectivity index (χ1v) is 3.68. The maximum atomic E-state index is 3.59. The molecule has 0 heterocycles. The van der Waals surface area contributed by atoms with Gasteiger partial charge in [-0.1, -0.05) is 36.5 Å². The molecule has 0 heteroatoms. The minimum absolute atomic E-state index is 1.12. The van der Waals surface area contributed by atoms with E-state index in [9.17, 15) is 0 Å². The standard InChI is InChI=1S/C10H16/c1-4-5-6-7-8-9-10(2)3/h4-6,9H,1,7-8H2,2-3H3/b6-5+. The van der Waals surface area contributed by atoms with Crippen LogP contribution in [0.1, 0.15) is 26.7 Å². The zero-order chi connectivity index (χ0) is 7.82. The summed E-state index contributed by atoms with van der Waals surface area (Å²) in [6.07, 6.45) is 10.4. The zero-order valence-corrected chi connectivity index (χ0v) is 6.93. The third-order valence-corrected chi connectivity index (χ3v) is 1.16. The fourth-order valence-electron chi connectivity index (χ4n) is 0.661. The lowest BCUT2D eigenvalue weighted by atomic mass is 10.2. The fourth-order valence-corrected chi connectivity index (χ4v) is 0.661. The Hall–Kier alpha value is -0.780. The second-order valence-corrected chi connectivity index (χ2v) is 2.52. The molecule has 0 bridgehead atoms. The molecule has 0 spiro atoms. The van der Waals surface area contributed by atoms with Gasteiger partial charge in [0, 0.05) is 0 Å². The summed E-state index contributed by atoms with van der Waals surface area (Å²) in [6, 6.07) is 0. The Morgan fingerprint density at radius 3 is 2.50 bits per heavy atom. The zero-order valence-electron chi connectivity index (χ0n) is 6.93. The highest BCUT2D eigenvalue weighted by Gasteiger charge is 1.76. The van der Waals surface area contributed by atoms with Gasteiger partial charge in [0.1, 0.15) is 0 Å². The van der Waals surface area contributed by atoms with Gasteiger partial charge in [-0.15, -0.1) is 0 Å². The summed E-state index contributed by atoms with van der Waals surface area (Å²) in [5.74, 6) is 0. The smallest absolute Gasteiger partial charge is 0.0313 e. The van der Waals surface area contributed by atoms with Gasteiger partial charge in [-0.3, -0.25) is 0 Å². The van der Waals surface area contributed by atoms with Crippen LogP contribution in [0.15, 0.2) is 36.5 Å². The Morgan fingerprint density at radius 2 is 2.00 bits per heavy atom. The molecule has 0 saturated heterocycles. The van der Waals surface area contributed by atoms with Gasteiger partial charge in [0.2, 0.25) is 0 Å². The Labute approximate surface area is 64.0 Å². The molecule has 0 aliphatic heterocycles. The predicted octanol–water partition coefficient (Wildman–Crippen LogP) is 3.48. The van der Waals surface area contributed by atoms with E-state index in [4.69, 9.17) is 0 Å². The minimum atomic E-state index is 1.12. The van der Waals surface area contributed by atoms with Gasteiger partial charge in [0.15, 0.2) is 0 Å². The van der Waals surface area contributed by atoms with E-state index in [-0.39, 0.29) is 0 Å². The van der Waals surface area contributed by atoms with Crippen LogP contribution < -0.4 is 0 Å². The van der Waals surface area contributed by atoms with E-state index in [1.807, 2.05) is 12.2 Å². The van der Waals surface area contributed by atoms with Gasteiger partial charge in [-0.05, 0) is 26.7 Å². The van der Waals surface area contributed by atoms with E-state index in [0.717, 1.165) is 12.8 Å². The van der Waals surface area contributed by atoms with E-state index in [0.29, 0.717) is 0 Å². The first-order chi connectivity index (χ1) is 4.77. The molecule has 0 amide bonds. The highest BCUT2D eigenvalue weighted by atomic mass is 13.8. The van der Waals surface area contributed by atoms with Crippen LogP contribution in [0.5, 0.6) is 0 Å². The fraction of sp³-hybridized carbons (Fsp3) is 0.400. The molecular formula is C10H16. The highest BCUT2D eigenvalue weighted by Crippen LogP contribution is 1.97. The average Bonchev–Trinajstić information content (AvgIpc) is 1.87. The molecule has 0 N–H and O–H groups in total. The van der Waals surface area contributed by atoms with Gasteiger partial charge < -0.3 is 0 Å². The third kappa shape index (κ3) is 7.22. The van der Waals surface area contributed by atoms with E-state index in [1.54, 1.807) is 0 Å². The van der Waals surface area contributed by atoms with Crippen molar-refractivity contribution in [2.75, 3.05) is 0 Å². The van der Waals surface area contributed by atoms with Crippen molar-refractivity contribution in [2.45, 2.75) is 26.7 Å². The lowest BCUT2D eigenvalue weighted by molar-refractivity contribution is 1.03. The molecule has 0 saturated carbocycles. The molecule has 0 nitrogen and oxygen atoms in total. The van der Waals surface area contributed by atoms with E-state index < -0.39 is 0 Å². The average molecular weight is 136 g/mol. The summed E-state index contributed by atoms with van der Waals surface area (Å²) in [6.45, 7) is 7.84. The highest BCUT2D eigenvalue weighted by molar-refractivity contribution is 4.99. The molecular weight excluding hydrogens is 120 g/mol. The largest absolute Gasteiger partial charge is 0.0991 e. The molecule has 0 aromatic rings. The predicted molar refractivity (Wildman–Crippen MR) is 48.0 cm³/mol. The lowest BCUT2D eigenvalue weighted by Gasteiger charge is -1.87. The van der Waals surface area contributed by atoms with E-state index >= 15 is 0 Å². The normalized spacial score (nSPS) is 9.80. The van der Waals surface area contributed by atoms with Gasteiger partial charge in [-0.2, -0.15) is 0 Å². The molecule has 0 fully saturated rings. The van der Waals surface area contributed by atoms with Crippen LogP contribution in [0.2, 0.25) is 0 Å². The van der Waals surface area contributed by atoms with Crippen LogP contribution in [0.25, 0.3) is 0 Å². The first-order valence-electron chi connectivity index (χ1n) is 3.68. The van der Waals surface area contributed by atoms with Crippen LogP contribution in [0.4, 0.5) is 0 Å². The molecule has 0 aromatic heterocycles. The van der Waals surface area contributed by atoms with Crippen molar-refractivity contribution in [3.05, 3.63) is 36.5 Å². The Morgan fingerprint density at radius 1 is 1.30 bits per heavy atom. The molecule has 56 valence electrons. The summed E-state index contributed by atoms with van der Waals surface area (Å²) in [7, 11) is 0. The number of allylic oxidation sites excluding steroid dienone is 5. The number of rotatable bonds is 4. The SMILES string of the molecule is C=C/C=C/CCC=C(C)C. The summed E-state index contributed by atoms with van der Waals surface area (Å²) >= 11 is 0.